The van der Waals surface area contributed by atoms with E-state index in [9.17, 15) is 8.42 Å². The minimum absolute atomic E-state index is 0.262. The van der Waals surface area contributed by atoms with Gasteiger partial charge in [0.1, 0.15) is 0 Å². The first-order valence-electron chi connectivity index (χ1n) is 7.68. The topological polar surface area (TPSA) is 73.8 Å². The smallest absolute Gasteiger partial charge is 0.214 e. The van der Waals surface area contributed by atoms with Crippen molar-refractivity contribution in [2.24, 2.45) is 4.99 Å². The normalized spacial score (nSPS) is 18.1. The van der Waals surface area contributed by atoms with E-state index in [2.05, 4.69) is 15.6 Å². The van der Waals surface area contributed by atoms with Crippen LogP contribution in [-0.4, -0.2) is 57.7 Å². The molecule has 0 radical (unpaired) electrons. The molecule has 0 aromatic heterocycles. The minimum atomic E-state index is -3.03. The Morgan fingerprint density at radius 3 is 2.70 bits per heavy atom. The highest BCUT2D eigenvalue weighted by Gasteiger charge is 2.27. The zero-order valence-corrected chi connectivity index (χ0v) is 14.8. The predicted octanol–water partition coefficient (Wildman–Crippen LogP) is 1.08. The molecule has 1 aromatic carbocycles. The van der Waals surface area contributed by atoms with Crippen molar-refractivity contribution in [1.29, 1.82) is 0 Å². The number of hydrogen-bond donors (Lipinski definition) is 2. The van der Waals surface area contributed by atoms with Crippen LogP contribution in [-0.2, 0) is 16.4 Å². The van der Waals surface area contributed by atoms with E-state index in [4.69, 9.17) is 11.6 Å². The number of halogens is 1. The quantitative estimate of drug-likeness (QED) is 0.589. The maximum absolute atomic E-state index is 11.7. The van der Waals surface area contributed by atoms with Gasteiger partial charge in [0.2, 0.25) is 10.0 Å². The van der Waals surface area contributed by atoms with Crippen LogP contribution in [0, 0.1) is 0 Å². The lowest BCUT2D eigenvalue weighted by Gasteiger charge is -2.16. The Morgan fingerprint density at radius 2 is 2.04 bits per heavy atom. The predicted molar refractivity (Wildman–Crippen MR) is 94.5 cm³/mol. The first kappa shape index (κ1) is 18.0. The summed E-state index contributed by atoms with van der Waals surface area (Å²) in [5, 5.41) is 7.10. The Hall–Kier alpha value is -1.31. The first-order chi connectivity index (χ1) is 11.0. The lowest BCUT2D eigenvalue weighted by Crippen LogP contribution is -2.42. The van der Waals surface area contributed by atoms with Crippen LogP contribution in [0.2, 0.25) is 5.02 Å². The third-order valence-electron chi connectivity index (χ3n) is 3.73. The summed E-state index contributed by atoms with van der Waals surface area (Å²) in [6.45, 7) is 2.31. The fourth-order valence-corrected chi connectivity index (χ4v) is 4.24. The molecule has 8 heteroatoms. The largest absolute Gasteiger partial charge is 0.356 e. The van der Waals surface area contributed by atoms with Crippen LogP contribution in [0.25, 0.3) is 0 Å². The fourth-order valence-electron chi connectivity index (χ4n) is 2.48. The van der Waals surface area contributed by atoms with Crippen molar-refractivity contribution < 1.29 is 8.42 Å². The van der Waals surface area contributed by atoms with E-state index >= 15 is 0 Å². The van der Waals surface area contributed by atoms with Crippen LogP contribution in [0.3, 0.4) is 0 Å². The lowest BCUT2D eigenvalue weighted by atomic mass is 10.1. The van der Waals surface area contributed by atoms with Crippen molar-refractivity contribution in [2.75, 3.05) is 39.0 Å². The molecule has 23 heavy (non-hydrogen) atoms. The third kappa shape index (κ3) is 5.37. The zero-order valence-electron chi connectivity index (χ0n) is 13.3. The Bertz CT molecular complexity index is 649. The van der Waals surface area contributed by atoms with Gasteiger partial charge in [-0.1, -0.05) is 29.8 Å². The molecule has 1 heterocycles. The number of rotatable bonds is 6. The molecule has 1 aromatic rings. The summed E-state index contributed by atoms with van der Waals surface area (Å²) < 4.78 is 24.9. The van der Waals surface area contributed by atoms with Gasteiger partial charge in [-0.2, -0.15) is 0 Å². The Labute approximate surface area is 143 Å². The third-order valence-corrected chi connectivity index (χ3v) is 6.05. The summed E-state index contributed by atoms with van der Waals surface area (Å²) in [6.07, 6.45) is 1.51. The second-order valence-electron chi connectivity index (χ2n) is 5.34. The van der Waals surface area contributed by atoms with E-state index in [1.54, 1.807) is 7.05 Å². The van der Waals surface area contributed by atoms with Gasteiger partial charge < -0.3 is 10.6 Å². The monoisotopic (exact) mass is 358 g/mol. The number of nitrogens with one attached hydrogen (secondary N) is 2. The lowest BCUT2D eigenvalue weighted by molar-refractivity contribution is 0.445. The van der Waals surface area contributed by atoms with E-state index in [0.29, 0.717) is 38.6 Å². The number of sulfonamides is 1. The van der Waals surface area contributed by atoms with Gasteiger partial charge in [0, 0.05) is 38.2 Å². The molecule has 0 bridgehead atoms. The van der Waals surface area contributed by atoms with Crippen LogP contribution in [0.4, 0.5) is 0 Å². The molecular formula is C15H23ClN4O2S. The molecule has 0 amide bonds. The summed E-state index contributed by atoms with van der Waals surface area (Å²) in [7, 11) is -1.34. The van der Waals surface area contributed by atoms with Crippen molar-refractivity contribution in [3.8, 4) is 0 Å². The molecule has 1 aliphatic rings. The zero-order chi connectivity index (χ0) is 16.7. The van der Waals surface area contributed by atoms with E-state index in [1.165, 1.54) is 4.31 Å². The Balaban J connectivity index is 1.71. The summed E-state index contributed by atoms with van der Waals surface area (Å²) in [6, 6.07) is 7.75. The van der Waals surface area contributed by atoms with E-state index < -0.39 is 10.0 Å². The molecule has 128 valence electrons. The van der Waals surface area contributed by atoms with Gasteiger partial charge in [-0.05, 0) is 24.5 Å². The van der Waals surface area contributed by atoms with Gasteiger partial charge in [0.15, 0.2) is 5.96 Å². The summed E-state index contributed by atoms with van der Waals surface area (Å²) in [5.74, 6) is 0.923. The second kappa shape index (κ2) is 8.52. The molecular weight excluding hydrogens is 336 g/mol. The van der Waals surface area contributed by atoms with E-state index in [1.807, 2.05) is 24.3 Å². The van der Waals surface area contributed by atoms with Crippen molar-refractivity contribution in [3.63, 3.8) is 0 Å². The average Bonchev–Trinajstić information content (AvgIpc) is 2.86. The molecule has 1 fully saturated rings. The molecule has 2 rings (SSSR count). The Morgan fingerprint density at radius 1 is 1.30 bits per heavy atom. The van der Waals surface area contributed by atoms with Crippen LogP contribution < -0.4 is 10.6 Å². The van der Waals surface area contributed by atoms with Gasteiger partial charge >= 0.3 is 0 Å². The van der Waals surface area contributed by atoms with Gasteiger partial charge in [-0.15, -0.1) is 0 Å². The molecule has 6 nitrogen and oxygen atoms in total. The number of guanidine groups is 1. The first-order valence-corrected chi connectivity index (χ1v) is 9.67. The summed E-state index contributed by atoms with van der Waals surface area (Å²) >= 11 is 6.12. The van der Waals surface area contributed by atoms with Gasteiger partial charge in [0.05, 0.1) is 5.75 Å². The number of aliphatic imine (C=N–C) groups is 1. The van der Waals surface area contributed by atoms with Gasteiger partial charge in [0.25, 0.3) is 0 Å². The summed E-state index contributed by atoms with van der Waals surface area (Å²) in [4.78, 5) is 4.14. The van der Waals surface area contributed by atoms with Crippen LogP contribution >= 0.6 is 11.6 Å². The van der Waals surface area contributed by atoms with Gasteiger partial charge in [-0.25, -0.2) is 12.7 Å². The SMILES string of the molecule is CN=C(NCCc1ccccc1Cl)NCCN1CCCS1(=O)=O. The number of benzene rings is 1. The van der Waals surface area contributed by atoms with E-state index in [-0.39, 0.29) is 5.75 Å². The fraction of sp³-hybridized carbons (Fsp3) is 0.533. The number of hydrogen-bond acceptors (Lipinski definition) is 3. The van der Waals surface area contributed by atoms with Crippen LogP contribution in [0.5, 0.6) is 0 Å². The highest BCUT2D eigenvalue weighted by atomic mass is 35.5. The number of nitrogens with zero attached hydrogens (tertiary/aromatic N) is 2. The van der Waals surface area contributed by atoms with Crippen molar-refractivity contribution >= 4 is 27.6 Å². The van der Waals surface area contributed by atoms with Crippen LogP contribution in [0.1, 0.15) is 12.0 Å². The molecule has 0 unspecified atom stereocenters. The highest BCUT2D eigenvalue weighted by Crippen LogP contribution is 2.14. The molecule has 0 saturated carbocycles. The van der Waals surface area contributed by atoms with Crippen molar-refractivity contribution in [1.82, 2.24) is 14.9 Å². The van der Waals surface area contributed by atoms with E-state index in [0.717, 1.165) is 17.0 Å². The molecule has 1 aliphatic heterocycles. The standard InChI is InChI=1S/C15H23ClN4O2S/c1-17-15(18-8-7-13-5-2-3-6-14(13)16)19-9-11-20-10-4-12-23(20,21)22/h2-3,5-6H,4,7-12H2,1H3,(H2,17,18,19). The van der Waals surface area contributed by atoms with Crippen molar-refractivity contribution in [2.45, 2.75) is 12.8 Å². The van der Waals surface area contributed by atoms with Crippen LogP contribution in [0.15, 0.2) is 29.3 Å². The molecule has 0 spiro atoms. The maximum atomic E-state index is 11.7. The van der Waals surface area contributed by atoms with Gasteiger partial charge in [-0.3, -0.25) is 4.99 Å². The molecule has 0 atom stereocenters. The minimum Gasteiger partial charge on any atom is -0.356 e. The summed E-state index contributed by atoms with van der Waals surface area (Å²) in [5.41, 5.74) is 1.08. The Kier molecular flexibility index (Phi) is 6.68. The molecule has 2 N–H and O–H groups in total. The van der Waals surface area contributed by atoms with Crippen molar-refractivity contribution in [3.05, 3.63) is 34.9 Å². The highest BCUT2D eigenvalue weighted by molar-refractivity contribution is 7.89. The molecule has 1 saturated heterocycles. The second-order valence-corrected chi connectivity index (χ2v) is 7.83. The maximum Gasteiger partial charge on any atom is 0.214 e. The molecule has 0 aliphatic carbocycles. The average molecular weight is 359 g/mol.